The van der Waals surface area contributed by atoms with Crippen molar-refractivity contribution in [1.82, 2.24) is 10.6 Å². The molecule has 5 N–H and O–H groups in total. The van der Waals surface area contributed by atoms with E-state index in [1.807, 2.05) is 0 Å². The Kier molecular flexibility index (Phi) is 5.93. The monoisotopic (exact) mass is 243 g/mol. The van der Waals surface area contributed by atoms with Crippen LogP contribution in [0, 0.1) is 5.92 Å². The van der Waals surface area contributed by atoms with Gasteiger partial charge in [0.05, 0.1) is 0 Å². The highest BCUT2D eigenvalue weighted by Gasteiger charge is 2.17. The summed E-state index contributed by atoms with van der Waals surface area (Å²) in [5, 5.41) is 14.6. The van der Waals surface area contributed by atoms with Crippen LogP contribution in [0.1, 0.15) is 25.7 Å². The van der Waals surface area contributed by atoms with E-state index in [-0.39, 0.29) is 5.91 Å². The second-order valence-electron chi connectivity index (χ2n) is 4.50. The van der Waals surface area contributed by atoms with Crippen molar-refractivity contribution in [1.29, 1.82) is 0 Å². The van der Waals surface area contributed by atoms with E-state index >= 15 is 0 Å². The van der Waals surface area contributed by atoms with Gasteiger partial charge in [-0.25, -0.2) is 0 Å². The number of hydrogen-bond acceptors (Lipinski definition) is 4. The summed E-state index contributed by atoms with van der Waals surface area (Å²) in [6, 6.07) is -0.828. The lowest BCUT2D eigenvalue weighted by Crippen LogP contribution is -2.32. The summed E-state index contributed by atoms with van der Waals surface area (Å²) < 4.78 is 0. The van der Waals surface area contributed by atoms with E-state index in [4.69, 9.17) is 10.8 Å². The van der Waals surface area contributed by atoms with Crippen LogP contribution in [0.2, 0.25) is 0 Å². The summed E-state index contributed by atoms with van der Waals surface area (Å²) in [7, 11) is 0. The zero-order valence-electron chi connectivity index (χ0n) is 9.95. The molecular formula is C11H21N3O3. The summed E-state index contributed by atoms with van der Waals surface area (Å²) in [5.41, 5.74) is 5.34. The van der Waals surface area contributed by atoms with Crippen molar-refractivity contribution in [3.05, 3.63) is 0 Å². The average Bonchev–Trinajstić information content (AvgIpc) is 2.76. The number of carbonyl (C=O) groups is 2. The van der Waals surface area contributed by atoms with E-state index < -0.39 is 12.0 Å². The molecule has 1 aliphatic heterocycles. The lowest BCUT2D eigenvalue weighted by Gasteiger charge is -2.10. The molecule has 1 fully saturated rings. The molecule has 0 aromatic carbocycles. The first-order valence-corrected chi connectivity index (χ1v) is 6.05. The van der Waals surface area contributed by atoms with Crippen LogP contribution in [-0.2, 0) is 9.59 Å². The number of nitrogens with one attached hydrogen (secondary N) is 2. The van der Waals surface area contributed by atoms with Crippen LogP contribution >= 0.6 is 0 Å². The molecular weight excluding hydrogens is 222 g/mol. The molecule has 2 unspecified atom stereocenters. The van der Waals surface area contributed by atoms with Crippen molar-refractivity contribution in [2.45, 2.75) is 31.7 Å². The highest BCUT2D eigenvalue weighted by Crippen LogP contribution is 2.11. The average molecular weight is 243 g/mol. The van der Waals surface area contributed by atoms with E-state index in [0.29, 0.717) is 31.7 Å². The molecule has 0 saturated carbocycles. The van der Waals surface area contributed by atoms with Gasteiger partial charge in [-0.1, -0.05) is 0 Å². The maximum atomic E-state index is 11.5. The fourth-order valence-electron chi connectivity index (χ4n) is 1.90. The molecule has 1 aliphatic rings. The molecule has 0 aliphatic carbocycles. The number of carboxylic acid groups (broad SMARTS) is 1. The highest BCUT2D eigenvalue weighted by atomic mass is 16.4. The van der Waals surface area contributed by atoms with Gasteiger partial charge in [-0.3, -0.25) is 9.59 Å². The highest BCUT2D eigenvalue weighted by molar-refractivity contribution is 5.76. The van der Waals surface area contributed by atoms with Crippen LogP contribution in [0.5, 0.6) is 0 Å². The molecule has 6 heteroatoms. The number of carbonyl (C=O) groups excluding carboxylic acids is 1. The van der Waals surface area contributed by atoms with Crippen LogP contribution in [0.25, 0.3) is 0 Å². The van der Waals surface area contributed by atoms with Crippen molar-refractivity contribution < 1.29 is 14.7 Å². The maximum Gasteiger partial charge on any atom is 0.320 e. The predicted molar refractivity (Wildman–Crippen MR) is 63.4 cm³/mol. The van der Waals surface area contributed by atoms with Crippen LogP contribution in [0.4, 0.5) is 0 Å². The van der Waals surface area contributed by atoms with Crippen molar-refractivity contribution in [3.8, 4) is 0 Å². The second kappa shape index (κ2) is 7.24. The third kappa shape index (κ3) is 5.65. The number of amides is 1. The minimum Gasteiger partial charge on any atom is -0.480 e. The molecule has 1 saturated heterocycles. The SMILES string of the molecule is NC(CCCNC(=O)CC1CCNC1)C(=O)O. The lowest BCUT2D eigenvalue weighted by molar-refractivity contribution is -0.138. The van der Waals surface area contributed by atoms with E-state index in [0.717, 1.165) is 19.5 Å². The van der Waals surface area contributed by atoms with E-state index in [9.17, 15) is 9.59 Å². The van der Waals surface area contributed by atoms with Crippen LogP contribution in [0.3, 0.4) is 0 Å². The van der Waals surface area contributed by atoms with Gasteiger partial charge in [0.1, 0.15) is 6.04 Å². The van der Waals surface area contributed by atoms with Gasteiger partial charge >= 0.3 is 5.97 Å². The molecule has 0 aromatic rings. The summed E-state index contributed by atoms with van der Waals surface area (Å²) in [6.07, 6.45) is 2.60. The first-order valence-electron chi connectivity index (χ1n) is 6.05. The van der Waals surface area contributed by atoms with Gasteiger partial charge in [0.25, 0.3) is 0 Å². The quantitative estimate of drug-likeness (QED) is 0.442. The Morgan fingerprint density at radius 1 is 1.53 bits per heavy atom. The number of aliphatic carboxylic acids is 1. The van der Waals surface area contributed by atoms with Crippen molar-refractivity contribution in [3.63, 3.8) is 0 Å². The van der Waals surface area contributed by atoms with Gasteiger partial charge in [0, 0.05) is 13.0 Å². The summed E-state index contributed by atoms with van der Waals surface area (Å²) in [5.74, 6) is -0.507. The summed E-state index contributed by atoms with van der Waals surface area (Å²) in [6.45, 7) is 2.41. The topological polar surface area (TPSA) is 104 Å². The van der Waals surface area contributed by atoms with E-state index in [1.54, 1.807) is 0 Å². The third-order valence-electron chi connectivity index (χ3n) is 2.97. The van der Waals surface area contributed by atoms with Crippen LogP contribution in [0.15, 0.2) is 0 Å². The molecule has 6 nitrogen and oxygen atoms in total. The summed E-state index contributed by atoms with van der Waals surface area (Å²) >= 11 is 0. The number of nitrogens with two attached hydrogens (primary N) is 1. The van der Waals surface area contributed by atoms with Gasteiger partial charge in [-0.15, -0.1) is 0 Å². The first-order chi connectivity index (χ1) is 8.09. The van der Waals surface area contributed by atoms with Crippen LogP contribution in [-0.4, -0.2) is 42.7 Å². The first kappa shape index (κ1) is 13.9. The standard InChI is InChI=1S/C11H21N3O3/c12-9(11(16)17)2-1-4-14-10(15)6-8-3-5-13-7-8/h8-9,13H,1-7,12H2,(H,14,15)(H,16,17). The van der Waals surface area contributed by atoms with Gasteiger partial charge in [0.15, 0.2) is 0 Å². The molecule has 98 valence electrons. The van der Waals surface area contributed by atoms with E-state index in [1.165, 1.54) is 0 Å². The Morgan fingerprint density at radius 3 is 2.88 bits per heavy atom. The van der Waals surface area contributed by atoms with E-state index in [2.05, 4.69) is 10.6 Å². The molecule has 17 heavy (non-hydrogen) atoms. The predicted octanol–water partition coefficient (Wildman–Crippen LogP) is -0.706. The smallest absolute Gasteiger partial charge is 0.320 e. The Morgan fingerprint density at radius 2 is 2.29 bits per heavy atom. The van der Waals surface area contributed by atoms with Gasteiger partial charge in [-0.2, -0.15) is 0 Å². The number of hydrogen-bond donors (Lipinski definition) is 4. The van der Waals surface area contributed by atoms with Gasteiger partial charge < -0.3 is 21.5 Å². The minimum atomic E-state index is -0.992. The molecule has 0 bridgehead atoms. The van der Waals surface area contributed by atoms with Gasteiger partial charge in [-0.05, 0) is 38.3 Å². The maximum absolute atomic E-state index is 11.5. The fourth-order valence-corrected chi connectivity index (χ4v) is 1.90. The fraction of sp³-hybridized carbons (Fsp3) is 0.818. The Balaban J connectivity index is 2.01. The molecule has 2 atom stereocenters. The Hall–Kier alpha value is -1.14. The second-order valence-corrected chi connectivity index (χ2v) is 4.50. The summed E-state index contributed by atoms with van der Waals surface area (Å²) in [4.78, 5) is 21.9. The normalized spacial score (nSPS) is 21.1. The van der Waals surface area contributed by atoms with Crippen molar-refractivity contribution in [2.75, 3.05) is 19.6 Å². The lowest BCUT2D eigenvalue weighted by atomic mass is 10.0. The third-order valence-corrected chi connectivity index (χ3v) is 2.97. The molecule has 0 aromatic heterocycles. The van der Waals surface area contributed by atoms with Crippen molar-refractivity contribution in [2.24, 2.45) is 11.7 Å². The molecule has 1 amide bonds. The molecule has 0 radical (unpaired) electrons. The van der Waals surface area contributed by atoms with Gasteiger partial charge in [0.2, 0.25) is 5.91 Å². The Labute approximate surface area is 101 Å². The molecule has 1 heterocycles. The zero-order valence-corrected chi connectivity index (χ0v) is 9.95. The largest absolute Gasteiger partial charge is 0.480 e. The number of rotatable bonds is 7. The Bertz CT molecular complexity index is 265. The minimum absolute atomic E-state index is 0.0441. The van der Waals surface area contributed by atoms with Crippen LogP contribution < -0.4 is 16.4 Å². The zero-order chi connectivity index (χ0) is 12.7. The van der Waals surface area contributed by atoms with Crippen molar-refractivity contribution >= 4 is 11.9 Å². The molecule has 0 spiro atoms. The molecule has 1 rings (SSSR count). The number of carboxylic acids is 1.